The monoisotopic (exact) mass is 463 g/mol. The first-order valence-corrected chi connectivity index (χ1v) is 8.77. The molecule has 1 amide bonds. The van der Waals surface area contributed by atoms with Gasteiger partial charge in [-0.05, 0) is 31.2 Å². The van der Waals surface area contributed by atoms with Crippen LogP contribution in [0, 0.1) is 5.82 Å². The summed E-state index contributed by atoms with van der Waals surface area (Å²) in [6.45, 7) is -3.55. The number of hydrogen-bond donors (Lipinski definition) is 3. The molecule has 1 aromatic carbocycles. The smallest absolute Gasteiger partial charge is 0.333 e. The molecule has 1 aliphatic heterocycles. The standard InChI is InChI=1S/C17H16F5N5O2.CH2O2/c1-16(17(21,22)8-29-7-13(23)25-16)10-6-9(2-3-11(10)18)24-14(28)12-4-5-27(26-12)15(19)20;2-1-3/h2-6,15H,7-8H2,1H3,(H2,23,25)(H,24,28);1H,(H,2,3)/t16-;/m1./s1. The van der Waals surface area contributed by atoms with Crippen molar-refractivity contribution in [3.63, 3.8) is 0 Å². The van der Waals surface area contributed by atoms with E-state index in [0.717, 1.165) is 37.4 Å². The van der Waals surface area contributed by atoms with Crippen LogP contribution < -0.4 is 11.1 Å². The van der Waals surface area contributed by atoms with Gasteiger partial charge in [-0.15, -0.1) is 0 Å². The van der Waals surface area contributed by atoms with Gasteiger partial charge < -0.3 is 20.9 Å². The first-order chi connectivity index (χ1) is 14.9. The molecule has 3 rings (SSSR count). The number of aromatic nitrogens is 2. The third kappa shape index (κ3) is 5.19. The van der Waals surface area contributed by atoms with Crippen LogP contribution in [0.25, 0.3) is 0 Å². The third-order valence-electron chi connectivity index (χ3n) is 4.40. The maximum Gasteiger partial charge on any atom is 0.333 e. The van der Waals surface area contributed by atoms with Crippen LogP contribution in [-0.2, 0) is 15.1 Å². The summed E-state index contributed by atoms with van der Waals surface area (Å²) >= 11 is 0. The normalized spacial score (nSPS) is 19.9. The minimum Gasteiger partial charge on any atom is -0.483 e. The molecule has 0 saturated carbocycles. The van der Waals surface area contributed by atoms with Gasteiger partial charge in [-0.2, -0.15) is 13.9 Å². The van der Waals surface area contributed by atoms with Crippen LogP contribution in [0.2, 0.25) is 0 Å². The zero-order valence-corrected chi connectivity index (χ0v) is 16.4. The summed E-state index contributed by atoms with van der Waals surface area (Å²) in [5, 5.41) is 12.6. The molecule has 2 heterocycles. The number of anilines is 1. The van der Waals surface area contributed by atoms with Crippen LogP contribution >= 0.6 is 0 Å². The summed E-state index contributed by atoms with van der Waals surface area (Å²) in [5.41, 5.74) is 2.26. The second kappa shape index (κ2) is 9.72. The lowest BCUT2D eigenvalue weighted by Gasteiger charge is -2.33. The van der Waals surface area contributed by atoms with E-state index >= 15 is 0 Å². The predicted octanol–water partition coefficient (Wildman–Crippen LogP) is 2.61. The van der Waals surface area contributed by atoms with Crippen molar-refractivity contribution in [2.45, 2.75) is 24.9 Å². The number of aliphatic imine (C=N–C) groups is 1. The second-order valence-electron chi connectivity index (χ2n) is 6.59. The average molecular weight is 463 g/mol. The number of carbonyl (C=O) groups excluding carboxylic acids is 1. The molecule has 174 valence electrons. The van der Waals surface area contributed by atoms with Crippen molar-refractivity contribution < 1.29 is 41.4 Å². The molecule has 0 radical (unpaired) electrons. The molecule has 4 N–H and O–H groups in total. The van der Waals surface area contributed by atoms with Crippen LogP contribution in [0.1, 0.15) is 29.5 Å². The molecule has 1 atom stereocenters. The van der Waals surface area contributed by atoms with Crippen molar-refractivity contribution >= 4 is 23.9 Å². The summed E-state index contributed by atoms with van der Waals surface area (Å²) < 4.78 is 74.0. The highest BCUT2D eigenvalue weighted by Gasteiger charge is 2.54. The maximum atomic E-state index is 14.7. The number of amides is 1. The maximum absolute atomic E-state index is 14.7. The van der Waals surface area contributed by atoms with Crippen molar-refractivity contribution in [3.8, 4) is 0 Å². The number of halogens is 5. The fourth-order valence-corrected chi connectivity index (χ4v) is 2.82. The fraction of sp³-hybridized carbons (Fsp3) is 0.333. The van der Waals surface area contributed by atoms with Gasteiger partial charge in [-0.3, -0.25) is 14.6 Å². The van der Waals surface area contributed by atoms with E-state index in [2.05, 4.69) is 15.4 Å². The highest BCUT2D eigenvalue weighted by atomic mass is 19.3. The molecule has 14 heteroatoms. The Bertz CT molecular complexity index is 1010. The number of benzene rings is 1. The molecule has 0 bridgehead atoms. The van der Waals surface area contributed by atoms with Gasteiger partial charge >= 0.3 is 6.55 Å². The third-order valence-corrected chi connectivity index (χ3v) is 4.40. The minimum absolute atomic E-state index is 0.0611. The van der Waals surface area contributed by atoms with Crippen molar-refractivity contribution in [3.05, 3.63) is 47.5 Å². The molecule has 2 aromatic rings. The van der Waals surface area contributed by atoms with Crippen LogP contribution in [-0.4, -0.2) is 52.2 Å². The van der Waals surface area contributed by atoms with Gasteiger partial charge in [0, 0.05) is 17.4 Å². The lowest BCUT2D eigenvalue weighted by atomic mass is 9.85. The summed E-state index contributed by atoms with van der Waals surface area (Å²) in [4.78, 5) is 24.3. The Labute approximate surface area is 177 Å². The van der Waals surface area contributed by atoms with Gasteiger partial charge in [0.05, 0.1) is 0 Å². The number of nitrogens with zero attached hydrogens (tertiary/aromatic N) is 3. The number of nitrogens with two attached hydrogens (primary N) is 1. The van der Waals surface area contributed by atoms with Crippen LogP contribution in [0.3, 0.4) is 0 Å². The quantitative estimate of drug-likeness (QED) is 0.472. The Balaban J connectivity index is 0.00000114. The van der Waals surface area contributed by atoms with Crippen LogP contribution in [0.5, 0.6) is 0 Å². The summed E-state index contributed by atoms with van der Waals surface area (Å²) in [6.07, 6.45) is 0.903. The molecule has 0 fully saturated rings. The van der Waals surface area contributed by atoms with Gasteiger partial charge in [0.25, 0.3) is 18.3 Å². The molecule has 32 heavy (non-hydrogen) atoms. The van der Waals surface area contributed by atoms with Gasteiger partial charge in [0.1, 0.15) is 24.9 Å². The zero-order chi connectivity index (χ0) is 24.1. The average Bonchev–Trinajstić information content (AvgIpc) is 3.17. The molecule has 0 spiro atoms. The molecule has 0 saturated heterocycles. The van der Waals surface area contributed by atoms with Crippen LogP contribution in [0.15, 0.2) is 35.5 Å². The highest BCUT2D eigenvalue weighted by molar-refractivity contribution is 6.02. The lowest BCUT2D eigenvalue weighted by Crippen LogP contribution is -2.45. The highest BCUT2D eigenvalue weighted by Crippen LogP contribution is 2.44. The number of amidine groups is 1. The Hall–Kier alpha value is -3.55. The first kappa shape index (κ1) is 24.7. The summed E-state index contributed by atoms with van der Waals surface area (Å²) in [7, 11) is 0. The van der Waals surface area contributed by atoms with Crippen molar-refractivity contribution in [1.29, 1.82) is 0 Å². The van der Waals surface area contributed by atoms with E-state index in [0.29, 0.717) is 0 Å². The molecule has 0 unspecified atom stereocenters. The van der Waals surface area contributed by atoms with Crippen molar-refractivity contribution in [2.24, 2.45) is 10.7 Å². The summed E-state index contributed by atoms with van der Waals surface area (Å²) in [5.74, 6) is -5.72. The van der Waals surface area contributed by atoms with E-state index in [1.807, 2.05) is 0 Å². The number of carbonyl (C=O) groups is 2. The number of ether oxygens (including phenoxy) is 1. The van der Waals surface area contributed by atoms with E-state index in [9.17, 15) is 26.7 Å². The van der Waals surface area contributed by atoms with Gasteiger partial charge in [0.15, 0.2) is 11.2 Å². The van der Waals surface area contributed by atoms with Crippen molar-refractivity contribution in [2.75, 3.05) is 18.5 Å². The number of carboxylic acid groups (broad SMARTS) is 1. The predicted molar refractivity (Wildman–Crippen MR) is 101 cm³/mol. The lowest BCUT2D eigenvalue weighted by molar-refractivity contribution is -0.122. The van der Waals surface area contributed by atoms with E-state index in [4.69, 9.17) is 20.4 Å². The largest absolute Gasteiger partial charge is 0.483 e. The molecular formula is C18H18F5N5O4. The van der Waals surface area contributed by atoms with Gasteiger partial charge in [-0.25, -0.2) is 17.9 Å². The molecule has 9 nitrogen and oxygen atoms in total. The Kier molecular flexibility index (Phi) is 7.51. The molecular weight excluding hydrogens is 445 g/mol. The van der Waals surface area contributed by atoms with E-state index < -0.39 is 41.9 Å². The fourth-order valence-electron chi connectivity index (χ4n) is 2.82. The van der Waals surface area contributed by atoms with Crippen molar-refractivity contribution in [1.82, 2.24) is 9.78 Å². The minimum atomic E-state index is -3.60. The van der Waals surface area contributed by atoms with E-state index in [-0.39, 0.29) is 35.0 Å². The Morgan fingerprint density at radius 1 is 1.38 bits per heavy atom. The Morgan fingerprint density at radius 2 is 2.03 bits per heavy atom. The molecule has 0 aliphatic carbocycles. The second-order valence-corrected chi connectivity index (χ2v) is 6.59. The number of hydrogen-bond acceptors (Lipinski definition) is 6. The van der Waals surface area contributed by atoms with E-state index in [1.165, 1.54) is 0 Å². The van der Waals surface area contributed by atoms with Gasteiger partial charge in [-0.1, -0.05) is 0 Å². The molecule has 1 aromatic heterocycles. The number of rotatable bonds is 4. The van der Waals surface area contributed by atoms with Gasteiger partial charge in [0.2, 0.25) is 0 Å². The number of nitrogens with one attached hydrogen (secondary N) is 1. The zero-order valence-electron chi connectivity index (χ0n) is 16.4. The Morgan fingerprint density at radius 3 is 2.62 bits per heavy atom. The molecule has 1 aliphatic rings. The SMILES string of the molecule is C[C@]1(c2cc(NC(=O)c3ccn(C(F)F)n3)ccc2F)N=C(N)COCC1(F)F.O=CO. The topological polar surface area (TPSA) is 132 Å². The first-order valence-electron chi connectivity index (χ1n) is 8.77. The number of alkyl halides is 4. The van der Waals surface area contributed by atoms with E-state index in [1.54, 1.807) is 0 Å². The van der Waals surface area contributed by atoms with Crippen LogP contribution in [0.4, 0.5) is 27.6 Å². The summed E-state index contributed by atoms with van der Waals surface area (Å²) in [6, 6.07) is 4.03.